The van der Waals surface area contributed by atoms with E-state index in [9.17, 15) is 9.59 Å². The quantitative estimate of drug-likeness (QED) is 0.0596. The highest BCUT2D eigenvalue weighted by atomic mass is 32.1. The Morgan fingerprint density at radius 2 is 1.56 bits per heavy atom. The summed E-state index contributed by atoms with van der Waals surface area (Å²) in [6, 6.07) is 37.3. The predicted octanol–water partition coefficient (Wildman–Crippen LogP) is 7.00. The summed E-state index contributed by atoms with van der Waals surface area (Å²) in [7, 11) is 0. The number of aryl methyl sites for hydroxylation is 1. The van der Waals surface area contributed by atoms with Crippen LogP contribution in [0.1, 0.15) is 36.6 Å². The number of para-hydroxylation sites is 1. The second-order valence-electron chi connectivity index (χ2n) is 11.6. The molecule has 0 saturated carbocycles. The molecule has 1 aliphatic heterocycles. The van der Waals surface area contributed by atoms with Gasteiger partial charge in [0.2, 0.25) is 0 Å². The first-order valence-electron chi connectivity index (χ1n) is 16.3. The third-order valence-electron chi connectivity index (χ3n) is 8.19. The highest BCUT2D eigenvalue weighted by Gasteiger charge is 2.32. The van der Waals surface area contributed by atoms with Crippen LogP contribution in [0.5, 0.6) is 5.75 Å². The van der Waals surface area contributed by atoms with Crippen LogP contribution in [0.4, 0.5) is 0 Å². The van der Waals surface area contributed by atoms with E-state index in [1.807, 2.05) is 48.5 Å². The molecule has 0 spiro atoms. The lowest BCUT2D eigenvalue weighted by molar-refractivity contribution is -0.139. The monoisotopic (exact) mass is 683 g/mol. The van der Waals surface area contributed by atoms with Gasteiger partial charge in [0, 0.05) is 22.5 Å². The molecule has 1 amide bonds. The number of hydrazone groups is 1. The number of amides is 1. The van der Waals surface area contributed by atoms with E-state index in [1.165, 1.54) is 5.56 Å². The lowest BCUT2D eigenvalue weighted by Gasteiger charge is -2.30. The summed E-state index contributed by atoms with van der Waals surface area (Å²) in [6.45, 7) is 5.49. The van der Waals surface area contributed by atoms with Gasteiger partial charge < -0.3 is 24.7 Å². The molecule has 0 fully saturated rings. The van der Waals surface area contributed by atoms with Gasteiger partial charge in [0.15, 0.2) is 11.7 Å². The van der Waals surface area contributed by atoms with Gasteiger partial charge in [0.05, 0.1) is 35.8 Å². The minimum Gasteiger partial charge on any atom is -0.483 e. The summed E-state index contributed by atoms with van der Waals surface area (Å²) >= 11 is 5.38. The maximum absolute atomic E-state index is 13.1. The van der Waals surface area contributed by atoms with Crippen LogP contribution in [0.15, 0.2) is 132 Å². The lowest BCUT2D eigenvalue weighted by atomic mass is 9.95. The molecule has 1 aliphatic rings. The Labute approximate surface area is 296 Å². The molecular weight excluding hydrogens is 647 g/mol. The van der Waals surface area contributed by atoms with Crippen LogP contribution in [0.2, 0.25) is 0 Å². The van der Waals surface area contributed by atoms with Crippen molar-refractivity contribution in [3.8, 4) is 34.0 Å². The van der Waals surface area contributed by atoms with Gasteiger partial charge in [-0.15, -0.1) is 0 Å². The number of hydrogen-bond donors (Lipinski definition) is 3. The lowest BCUT2D eigenvalue weighted by Crippen LogP contribution is -2.45. The number of nitrogens with zero attached hydrogens (tertiary/aromatic N) is 2. The summed E-state index contributed by atoms with van der Waals surface area (Å²) in [4.78, 5) is 26.0. The molecule has 6 rings (SSSR count). The van der Waals surface area contributed by atoms with E-state index in [1.54, 1.807) is 32.2 Å². The van der Waals surface area contributed by atoms with Gasteiger partial charge in [-0.3, -0.25) is 4.79 Å². The van der Waals surface area contributed by atoms with Crippen molar-refractivity contribution < 1.29 is 19.1 Å². The fourth-order valence-electron chi connectivity index (χ4n) is 5.91. The van der Waals surface area contributed by atoms with E-state index < -0.39 is 17.9 Å². The number of ether oxygens (including phenoxy) is 2. The number of allylic oxidation sites excluding steroid dienone is 1. The number of hydrogen-bond acceptors (Lipinski definition) is 6. The molecule has 0 radical (unpaired) electrons. The maximum atomic E-state index is 13.1. The van der Waals surface area contributed by atoms with E-state index >= 15 is 0 Å². The Kier molecular flexibility index (Phi) is 10.5. The number of rotatable bonds is 11. The first-order valence-corrected chi connectivity index (χ1v) is 16.7. The van der Waals surface area contributed by atoms with Crippen molar-refractivity contribution in [2.75, 3.05) is 13.2 Å². The average Bonchev–Trinajstić information content (AvgIpc) is 3.51. The average molecular weight is 684 g/mol. The molecule has 5 aromatic rings. The van der Waals surface area contributed by atoms with Gasteiger partial charge in [-0.25, -0.2) is 10.2 Å². The first kappa shape index (κ1) is 33.9. The Hall–Kier alpha value is -6.00. The van der Waals surface area contributed by atoms with Gasteiger partial charge in [-0.05, 0) is 68.4 Å². The van der Waals surface area contributed by atoms with Crippen LogP contribution in [-0.4, -0.2) is 41.0 Å². The van der Waals surface area contributed by atoms with Crippen LogP contribution in [0.3, 0.4) is 0 Å². The van der Waals surface area contributed by atoms with E-state index in [0.717, 1.165) is 33.8 Å². The van der Waals surface area contributed by atoms with Crippen molar-refractivity contribution in [1.29, 1.82) is 0 Å². The summed E-state index contributed by atoms with van der Waals surface area (Å²) in [5.41, 5.74) is 11.2. The van der Waals surface area contributed by atoms with Crippen LogP contribution in [0.25, 0.3) is 28.2 Å². The van der Waals surface area contributed by atoms with Crippen molar-refractivity contribution in [2.45, 2.75) is 26.8 Å². The highest BCUT2D eigenvalue weighted by molar-refractivity contribution is 7.80. The number of nitrogens with one attached hydrogen (secondary N) is 3. The Bertz CT molecular complexity index is 2070. The molecule has 0 bridgehead atoms. The number of esters is 1. The van der Waals surface area contributed by atoms with Gasteiger partial charge in [0.1, 0.15) is 5.75 Å². The molecule has 9 nitrogen and oxygen atoms in total. The van der Waals surface area contributed by atoms with Crippen LogP contribution >= 0.6 is 12.2 Å². The smallest absolute Gasteiger partial charge is 0.338 e. The summed E-state index contributed by atoms with van der Waals surface area (Å²) in [6.07, 6.45) is 1.66. The summed E-state index contributed by atoms with van der Waals surface area (Å²) in [5, 5.41) is 10.9. The Morgan fingerprint density at radius 3 is 2.26 bits per heavy atom. The zero-order valence-corrected chi connectivity index (χ0v) is 28.8. The fourth-order valence-corrected chi connectivity index (χ4v) is 6.18. The first-order chi connectivity index (χ1) is 24.3. The normalized spacial score (nSPS) is 14.2. The number of carbonyl (C=O) groups excluding carboxylic acids is 2. The second-order valence-corrected chi connectivity index (χ2v) is 12.1. The van der Waals surface area contributed by atoms with Gasteiger partial charge in [-0.1, -0.05) is 96.6 Å². The third-order valence-corrected chi connectivity index (χ3v) is 8.41. The molecule has 50 heavy (non-hydrogen) atoms. The standard InChI is InChI=1S/C40H37N5O4S/c1-4-48-39(47)36-27(3)42-40(50)43-37(36)32-17-11-12-18-34(32)49-25-35(46)44-41-24-30-23-33(28-13-7-5-8-14-28)45(31-21-19-26(2)20-22-31)38(30)29-15-9-6-10-16-29/h5-24,37H,4,25H2,1-3H3,(H,44,46)(H2,42,43,50)/t37-/m1/s1. The van der Waals surface area contributed by atoms with Crippen LogP contribution in [0, 0.1) is 6.92 Å². The van der Waals surface area contributed by atoms with Crippen LogP contribution in [-0.2, 0) is 14.3 Å². The van der Waals surface area contributed by atoms with E-state index in [-0.39, 0.29) is 13.2 Å². The number of benzene rings is 4. The van der Waals surface area contributed by atoms with Crippen molar-refractivity contribution in [3.63, 3.8) is 0 Å². The SMILES string of the molecule is CCOC(=O)C1=C(C)NC(=S)N[C@@H]1c1ccccc1OCC(=O)NN=Cc1cc(-c2ccccc2)n(-c2ccc(C)cc2)c1-c1ccccc1. The van der Waals surface area contributed by atoms with Crippen LogP contribution < -0.4 is 20.8 Å². The van der Waals surface area contributed by atoms with E-state index in [2.05, 4.69) is 87.2 Å². The van der Waals surface area contributed by atoms with Gasteiger partial charge >= 0.3 is 5.97 Å². The maximum Gasteiger partial charge on any atom is 0.338 e. The van der Waals surface area contributed by atoms with Crippen molar-refractivity contribution in [3.05, 3.63) is 143 Å². The van der Waals surface area contributed by atoms with E-state index in [4.69, 9.17) is 21.7 Å². The molecule has 252 valence electrons. The van der Waals surface area contributed by atoms with Crippen molar-refractivity contribution in [1.82, 2.24) is 20.6 Å². The van der Waals surface area contributed by atoms with E-state index in [0.29, 0.717) is 27.7 Å². The minimum absolute atomic E-state index is 0.225. The third kappa shape index (κ3) is 7.50. The number of aromatic nitrogens is 1. The largest absolute Gasteiger partial charge is 0.483 e. The highest BCUT2D eigenvalue weighted by Crippen LogP contribution is 2.36. The Balaban J connectivity index is 1.26. The van der Waals surface area contributed by atoms with Crippen molar-refractivity contribution >= 4 is 35.4 Å². The molecule has 2 heterocycles. The van der Waals surface area contributed by atoms with Gasteiger partial charge in [0.25, 0.3) is 5.91 Å². The van der Waals surface area contributed by atoms with Gasteiger partial charge in [-0.2, -0.15) is 5.10 Å². The topological polar surface area (TPSA) is 106 Å². The zero-order chi connectivity index (χ0) is 35.0. The summed E-state index contributed by atoms with van der Waals surface area (Å²) in [5.74, 6) is -0.511. The molecule has 0 unspecified atom stereocenters. The number of thiocarbonyl (C=S) groups is 1. The Morgan fingerprint density at radius 1 is 0.900 bits per heavy atom. The second kappa shape index (κ2) is 15.5. The minimum atomic E-state index is -0.632. The molecule has 10 heteroatoms. The molecule has 1 atom stereocenters. The van der Waals surface area contributed by atoms with Crippen molar-refractivity contribution in [2.24, 2.45) is 5.10 Å². The molecule has 0 saturated heterocycles. The summed E-state index contributed by atoms with van der Waals surface area (Å²) < 4.78 is 13.5. The fraction of sp³-hybridized carbons (Fsp3) is 0.150. The predicted molar refractivity (Wildman–Crippen MR) is 200 cm³/mol. The number of carbonyl (C=O) groups is 2. The molecular formula is C40H37N5O4S. The molecule has 0 aliphatic carbocycles. The zero-order valence-electron chi connectivity index (χ0n) is 28.0. The molecule has 3 N–H and O–H groups in total. The molecule has 1 aromatic heterocycles. The molecule has 4 aromatic carbocycles.